The van der Waals surface area contributed by atoms with Crippen LogP contribution >= 0.6 is 11.6 Å². The van der Waals surface area contributed by atoms with Crippen LogP contribution in [0.4, 0.5) is 21.5 Å². The molecule has 5 N–H and O–H groups in total. The number of hydrogen-bond acceptors (Lipinski definition) is 4. The van der Waals surface area contributed by atoms with Crippen molar-refractivity contribution in [3.05, 3.63) is 46.7 Å². The molecular weight excluding hydrogens is 287 g/mol. The van der Waals surface area contributed by atoms with E-state index in [1.807, 2.05) is 0 Å². The Labute approximate surface area is 118 Å². The number of para-hydroxylation sites is 1. The molecule has 0 bridgehead atoms. The number of carboxylic acids is 1. The first kappa shape index (κ1) is 14.0. The van der Waals surface area contributed by atoms with Crippen LogP contribution in [0.2, 0.25) is 5.02 Å². The number of nitrogen functional groups attached to an aromatic ring is 1. The highest BCUT2D eigenvalue weighted by molar-refractivity contribution is 6.33. The van der Waals surface area contributed by atoms with Crippen molar-refractivity contribution in [2.75, 3.05) is 11.1 Å². The quantitative estimate of drug-likeness (QED) is 0.396. The maximum Gasteiger partial charge on any atom is 0.338 e. The minimum atomic E-state index is -1.41. The zero-order valence-electron chi connectivity index (χ0n) is 10.0. The highest BCUT2D eigenvalue weighted by Gasteiger charge is 2.21. The zero-order chi connectivity index (χ0) is 14.9. The summed E-state index contributed by atoms with van der Waals surface area (Å²) in [6.07, 6.45) is 0. The first-order valence-corrected chi connectivity index (χ1v) is 5.85. The van der Waals surface area contributed by atoms with Crippen molar-refractivity contribution in [1.82, 2.24) is 0 Å². The lowest BCUT2D eigenvalue weighted by Crippen LogP contribution is -2.07. The van der Waals surface area contributed by atoms with Crippen LogP contribution in [0.5, 0.6) is 5.75 Å². The van der Waals surface area contributed by atoms with Crippen molar-refractivity contribution in [3.63, 3.8) is 0 Å². The van der Waals surface area contributed by atoms with Gasteiger partial charge in [-0.3, -0.25) is 0 Å². The van der Waals surface area contributed by atoms with E-state index < -0.39 is 28.8 Å². The predicted molar refractivity (Wildman–Crippen MR) is 74.2 cm³/mol. The molecule has 0 unspecified atom stereocenters. The standard InChI is InChI=1S/C13H10ClFN2O3/c14-7-3-1-2-4-8(7)17-12-6(13(19)20)5-9(18)11(16)10(12)15/h1-5,17-18H,16H2,(H,19,20). The van der Waals surface area contributed by atoms with E-state index in [4.69, 9.17) is 22.4 Å². The van der Waals surface area contributed by atoms with Crippen molar-refractivity contribution in [1.29, 1.82) is 0 Å². The molecule has 0 heterocycles. The second-order valence-electron chi connectivity index (χ2n) is 3.96. The Morgan fingerprint density at radius 1 is 1.35 bits per heavy atom. The SMILES string of the molecule is Nc1c(O)cc(C(=O)O)c(Nc2ccccc2Cl)c1F. The summed E-state index contributed by atoms with van der Waals surface area (Å²) in [5.41, 5.74) is 4.32. The summed E-state index contributed by atoms with van der Waals surface area (Å²) in [6, 6.07) is 7.31. The molecule has 0 saturated carbocycles. The van der Waals surface area contributed by atoms with Gasteiger partial charge in [-0.1, -0.05) is 23.7 Å². The van der Waals surface area contributed by atoms with Gasteiger partial charge in [-0.05, 0) is 18.2 Å². The van der Waals surface area contributed by atoms with Crippen LogP contribution in [0, 0.1) is 5.82 Å². The van der Waals surface area contributed by atoms with E-state index in [2.05, 4.69) is 5.32 Å². The molecule has 5 nitrogen and oxygen atoms in total. The number of benzene rings is 2. The topological polar surface area (TPSA) is 95.6 Å². The van der Waals surface area contributed by atoms with Crippen molar-refractivity contribution in [3.8, 4) is 5.75 Å². The monoisotopic (exact) mass is 296 g/mol. The summed E-state index contributed by atoms with van der Waals surface area (Å²) in [4.78, 5) is 11.1. The van der Waals surface area contributed by atoms with Crippen LogP contribution in [-0.2, 0) is 0 Å². The predicted octanol–water partition coefficient (Wildman–Crippen LogP) is 3.21. The number of phenolic OH excluding ortho intramolecular Hbond substituents is 1. The van der Waals surface area contributed by atoms with E-state index in [0.717, 1.165) is 6.07 Å². The van der Waals surface area contributed by atoms with Gasteiger partial charge in [-0.15, -0.1) is 0 Å². The molecule has 0 spiro atoms. The first-order valence-electron chi connectivity index (χ1n) is 5.47. The number of nitrogens with two attached hydrogens (primary N) is 1. The first-order chi connectivity index (χ1) is 9.41. The van der Waals surface area contributed by atoms with Crippen LogP contribution < -0.4 is 11.1 Å². The summed E-state index contributed by atoms with van der Waals surface area (Å²) in [5, 5.41) is 21.3. The Hall–Kier alpha value is -2.47. The summed E-state index contributed by atoms with van der Waals surface area (Å²) in [5.74, 6) is -3.10. The molecule has 0 aliphatic heterocycles. The summed E-state index contributed by atoms with van der Waals surface area (Å²) < 4.78 is 14.0. The average Bonchev–Trinajstić information content (AvgIpc) is 2.41. The van der Waals surface area contributed by atoms with Gasteiger partial charge < -0.3 is 21.3 Å². The third-order valence-electron chi connectivity index (χ3n) is 2.65. The highest BCUT2D eigenvalue weighted by Crippen LogP contribution is 2.36. The molecule has 2 rings (SSSR count). The lowest BCUT2D eigenvalue weighted by atomic mass is 10.1. The molecule has 0 fully saturated rings. The van der Waals surface area contributed by atoms with Gasteiger partial charge in [0.15, 0.2) is 5.82 Å². The van der Waals surface area contributed by atoms with Crippen LogP contribution in [0.15, 0.2) is 30.3 Å². The zero-order valence-corrected chi connectivity index (χ0v) is 10.8. The van der Waals surface area contributed by atoms with Crippen molar-refractivity contribution < 1.29 is 19.4 Å². The summed E-state index contributed by atoms with van der Waals surface area (Å²) in [7, 11) is 0. The molecule has 0 aliphatic rings. The molecule has 2 aromatic carbocycles. The van der Waals surface area contributed by atoms with Crippen molar-refractivity contribution in [2.45, 2.75) is 0 Å². The maximum atomic E-state index is 14.0. The largest absolute Gasteiger partial charge is 0.506 e. The number of aromatic carboxylic acids is 1. The van der Waals surface area contributed by atoms with Gasteiger partial charge in [0.1, 0.15) is 11.4 Å². The molecule has 7 heteroatoms. The number of rotatable bonds is 3. The van der Waals surface area contributed by atoms with E-state index in [-0.39, 0.29) is 10.7 Å². The maximum absolute atomic E-state index is 14.0. The summed E-state index contributed by atoms with van der Waals surface area (Å²) >= 11 is 5.92. The van der Waals surface area contributed by atoms with Gasteiger partial charge >= 0.3 is 5.97 Å². The van der Waals surface area contributed by atoms with Gasteiger partial charge in [0.2, 0.25) is 0 Å². The van der Waals surface area contributed by atoms with Gasteiger partial charge in [0, 0.05) is 0 Å². The number of hydrogen-bond donors (Lipinski definition) is 4. The lowest BCUT2D eigenvalue weighted by Gasteiger charge is -2.14. The summed E-state index contributed by atoms with van der Waals surface area (Å²) in [6.45, 7) is 0. The number of phenols is 1. The molecule has 0 aromatic heterocycles. The van der Waals surface area contributed by atoms with E-state index in [9.17, 15) is 14.3 Å². The number of anilines is 3. The van der Waals surface area contributed by atoms with E-state index >= 15 is 0 Å². The van der Waals surface area contributed by atoms with Crippen LogP contribution in [0.1, 0.15) is 10.4 Å². The third-order valence-corrected chi connectivity index (χ3v) is 2.98. The van der Waals surface area contributed by atoms with Crippen LogP contribution in [-0.4, -0.2) is 16.2 Å². The van der Waals surface area contributed by atoms with E-state index in [0.29, 0.717) is 5.69 Å². The Morgan fingerprint density at radius 2 is 2.00 bits per heavy atom. The third kappa shape index (κ3) is 2.46. The molecule has 0 radical (unpaired) electrons. The Bertz CT molecular complexity index is 692. The normalized spacial score (nSPS) is 10.3. The molecule has 2 aromatic rings. The molecule has 0 saturated heterocycles. The average molecular weight is 297 g/mol. The number of aromatic hydroxyl groups is 1. The highest BCUT2D eigenvalue weighted by atomic mass is 35.5. The minimum absolute atomic E-state index is 0.287. The Balaban J connectivity index is 2.59. The molecular formula is C13H10ClFN2O3. The molecule has 0 aliphatic carbocycles. The van der Waals surface area contributed by atoms with Gasteiger partial charge in [0.25, 0.3) is 0 Å². The fraction of sp³-hybridized carbons (Fsp3) is 0. The van der Waals surface area contributed by atoms with Crippen LogP contribution in [0.3, 0.4) is 0 Å². The van der Waals surface area contributed by atoms with Gasteiger partial charge in [-0.2, -0.15) is 0 Å². The fourth-order valence-electron chi connectivity index (χ4n) is 1.64. The smallest absolute Gasteiger partial charge is 0.338 e. The number of halogens is 2. The second-order valence-corrected chi connectivity index (χ2v) is 4.36. The van der Waals surface area contributed by atoms with Gasteiger partial charge in [0.05, 0.1) is 22.0 Å². The number of carbonyl (C=O) groups is 1. The molecule has 104 valence electrons. The second kappa shape index (κ2) is 5.26. The van der Waals surface area contributed by atoms with Crippen molar-refractivity contribution >= 4 is 34.6 Å². The molecule has 20 heavy (non-hydrogen) atoms. The fourth-order valence-corrected chi connectivity index (χ4v) is 1.82. The van der Waals surface area contributed by atoms with Crippen LogP contribution in [0.25, 0.3) is 0 Å². The van der Waals surface area contributed by atoms with Crippen molar-refractivity contribution in [2.24, 2.45) is 0 Å². The molecule has 0 atom stereocenters. The van der Waals surface area contributed by atoms with Gasteiger partial charge in [-0.25, -0.2) is 9.18 Å². The van der Waals surface area contributed by atoms with E-state index in [1.165, 1.54) is 0 Å². The number of carboxylic acid groups (broad SMARTS) is 1. The number of nitrogens with one attached hydrogen (secondary N) is 1. The molecule has 0 amide bonds. The lowest BCUT2D eigenvalue weighted by molar-refractivity contribution is 0.0697. The van der Waals surface area contributed by atoms with E-state index in [1.54, 1.807) is 24.3 Å². The minimum Gasteiger partial charge on any atom is -0.506 e. The Kier molecular flexibility index (Phi) is 3.67. The Morgan fingerprint density at radius 3 is 2.60 bits per heavy atom.